The lowest BCUT2D eigenvalue weighted by Gasteiger charge is -2.27. The fourth-order valence-corrected chi connectivity index (χ4v) is 8.13. The summed E-state index contributed by atoms with van der Waals surface area (Å²) in [5, 5.41) is 7.70. The summed E-state index contributed by atoms with van der Waals surface area (Å²) in [6.45, 7) is 0. The molecule has 11 rings (SSSR count). The Hall–Kier alpha value is -7.48. The Labute approximate surface area is 347 Å². The highest BCUT2D eigenvalue weighted by Crippen LogP contribution is 2.42. The van der Waals surface area contributed by atoms with Gasteiger partial charge in [0.05, 0.1) is 15.1 Å². The molecular formula is C56H37N. The average Bonchev–Trinajstić information content (AvgIpc) is 3.37. The van der Waals surface area contributed by atoms with E-state index in [1.165, 1.54) is 0 Å². The Bertz CT molecular complexity index is 3910. The number of hydrogen-bond donors (Lipinski definition) is 0. The molecule has 1 heteroatoms. The van der Waals surface area contributed by atoms with Gasteiger partial charge in [0.2, 0.25) is 0 Å². The van der Waals surface area contributed by atoms with E-state index in [2.05, 4.69) is 30.3 Å². The van der Waals surface area contributed by atoms with Gasteiger partial charge in [-0.15, -0.1) is 0 Å². The van der Waals surface area contributed by atoms with Gasteiger partial charge < -0.3 is 4.90 Å². The van der Waals surface area contributed by atoms with Crippen molar-refractivity contribution in [1.82, 2.24) is 0 Å². The molecule has 57 heavy (non-hydrogen) atoms. The zero-order valence-corrected chi connectivity index (χ0v) is 30.5. The summed E-state index contributed by atoms with van der Waals surface area (Å²) in [5.41, 5.74) is 3.71. The van der Waals surface area contributed by atoms with E-state index in [1.807, 2.05) is 103 Å². The third-order valence-corrected chi connectivity index (χ3v) is 10.8. The van der Waals surface area contributed by atoms with E-state index < -0.39 is 42.3 Å². The smallest absolute Gasteiger partial charge is 0.0645 e. The van der Waals surface area contributed by atoms with Crippen molar-refractivity contribution >= 4 is 70.9 Å². The Morgan fingerprint density at radius 3 is 1.51 bits per heavy atom. The van der Waals surface area contributed by atoms with Gasteiger partial charge in [0, 0.05) is 17.1 Å². The highest BCUT2D eigenvalue weighted by Gasteiger charge is 2.17. The Morgan fingerprint density at radius 1 is 0.281 bits per heavy atom. The summed E-state index contributed by atoms with van der Waals surface area (Å²) in [4.78, 5) is 1.64. The molecule has 0 heterocycles. The first-order valence-electron chi connectivity index (χ1n) is 24.3. The van der Waals surface area contributed by atoms with E-state index in [0.717, 1.165) is 54.2 Å². The monoisotopic (exact) mass is 734 g/mol. The number of hydrogen-bond acceptors (Lipinski definition) is 1. The van der Waals surface area contributed by atoms with Crippen LogP contribution in [0.4, 0.5) is 17.1 Å². The van der Waals surface area contributed by atoms with Gasteiger partial charge in [0.15, 0.2) is 0 Å². The first-order chi connectivity index (χ1) is 32.8. The SMILES string of the molecule is [2H]c1c([2H])c(N(c2ccc(-c3cc4ccccc4c4ccccc34)cc2)c2cccc(-c3c([2H])c([2H])c([2H])c4c([2H])c([2H])c([2H])c([2H])c34)c2)c([2H])c([2H])c1-c1cc2ccccc2c2ccccc12. The molecule has 1 nitrogen and oxygen atoms in total. The van der Waals surface area contributed by atoms with Gasteiger partial charge in [-0.3, -0.25) is 0 Å². The summed E-state index contributed by atoms with van der Waals surface area (Å²) in [6, 6.07) is 45.9. The van der Waals surface area contributed by atoms with Gasteiger partial charge in [-0.2, -0.15) is 0 Å². The zero-order chi connectivity index (χ0) is 47.3. The summed E-state index contributed by atoms with van der Waals surface area (Å²) in [7, 11) is 0. The molecule has 0 unspecified atom stereocenters. The quantitative estimate of drug-likeness (QED) is 0.154. The summed E-state index contributed by atoms with van der Waals surface area (Å²) >= 11 is 0. The number of fused-ring (bicyclic) bond motifs is 7. The summed E-state index contributed by atoms with van der Waals surface area (Å²) in [5.74, 6) is 0. The molecule has 0 amide bonds. The first-order valence-corrected chi connectivity index (χ1v) is 18.8. The van der Waals surface area contributed by atoms with Crippen LogP contribution in [0.25, 0.3) is 87.2 Å². The molecule has 0 spiro atoms. The average molecular weight is 735 g/mol. The minimum absolute atomic E-state index is 0.0198. The van der Waals surface area contributed by atoms with E-state index in [4.69, 9.17) is 9.60 Å². The van der Waals surface area contributed by atoms with Crippen LogP contribution in [0.1, 0.15) is 15.1 Å². The number of anilines is 3. The second-order valence-corrected chi connectivity index (χ2v) is 14.0. The topological polar surface area (TPSA) is 3.24 Å². The maximum Gasteiger partial charge on any atom is 0.0645 e. The lowest BCUT2D eigenvalue weighted by atomic mass is 9.93. The molecule has 0 N–H and O–H groups in total. The minimum atomic E-state index is -0.553. The molecular weight excluding hydrogens is 687 g/mol. The largest absolute Gasteiger partial charge is 0.310 e. The highest BCUT2D eigenvalue weighted by atomic mass is 15.1. The van der Waals surface area contributed by atoms with Crippen molar-refractivity contribution in [3.63, 3.8) is 0 Å². The molecule has 0 fully saturated rings. The zero-order valence-electron chi connectivity index (χ0n) is 41.5. The molecule has 0 aromatic heterocycles. The first kappa shape index (κ1) is 23.4. The molecule has 11 aromatic carbocycles. The molecule has 0 atom stereocenters. The molecule has 0 saturated carbocycles. The van der Waals surface area contributed by atoms with Gasteiger partial charge in [0.25, 0.3) is 0 Å². The van der Waals surface area contributed by atoms with E-state index >= 15 is 0 Å². The minimum Gasteiger partial charge on any atom is -0.310 e. The second-order valence-electron chi connectivity index (χ2n) is 14.0. The van der Waals surface area contributed by atoms with Crippen molar-refractivity contribution in [2.45, 2.75) is 0 Å². The fraction of sp³-hybridized carbons (Fsp3) is 0. The summed E-state index contributed by atoms with van der Waals surface area (Å²) in [6.07, 6.45) is 0. The molecule has 0 aliphatic heterocycles. The molecule has 0 bridgehead atoms. The number of nitrogens with zero attached hydrogens (tertiary/aromatic N) is 1. The Morgan fingerprint density at radius 2 is 0.842 bits per heavy atom. The Balaban J connectivity index is 1.16. The standard InChI is InChI=1S/C56H37N/c1-4-19-47-38(13-1)16-12-26-48(47)41-17-11-18-46(35-41)57(44-31-27-39(28-32-44)55-36-42-14-2-5-20-49(42)51-22-7-9-24-53(51)55)45-33-29-40(30-34-45)56-37-43-15-3-6-21-50(43)52-23-8-10-25-54(52)56/h1-37H/i1D,4D,12D,13D,16D,19D,26D,27D,28D,31D,32D. The van der Waals surface area contributed by atoms with Crippen molar-refractivity contribution in [3.05, 3.63) is 224 Å². The Kier molecular flexibility index (Phi) is 5.62. The van der Waals surface area contributed by atoms with Gasteiger partial charge in [-0.05, 0) is 136 Å². The van der Waals surface area contributed by atoms with Crippen LogP contribution in [0.15, 0.2) is 224 Å². The molecule has 0 aliphatic carbocycles. The fourth-order valence-electron chi connectivity index (χ4n) is 8.13. The third-order valence-electron chi connectivity index (χ3n) is 10.8. The maximum absolute atomic E-state index is 9.78. The third kappa shape index (κ3) is 5.72. The predicted octanol–water partition coefficient (Wildman–Crippen LogP) is 15.9. The highest BCUT2D eigenvalue weighted by molar-refractivity contribution is 6.15. The van der Waals surface area contributed by atoms with E-state index in [0.29, 0.717) is 16.9 Å². The number of benzene rings is 11. The normalized spacial score (nSPS) is 14.2. The maximum atomic E-state index is 9.78. The van der Waals surface area contributed by atoms with Crippen LogP contribution in [-0.4, -0.2) is 0 Å². The van der Waals surface area contributed by atoms with Crippen LogP contribution in [0.2, 0.25) is 0 Å². The lowest BCUT2D eigenvalue weighted by Crippen LogP contribution is -2.10. The van der Waals surface area contributed by atoms with Gasteiger partial charge >= 0.3 is 0 Å². The lowest BCUT2D eigenvalue weighted by molar-refractivity contribution is 1.28. The van der Waals surface area contributed by atoms with Crippen LogP contribution >= 0.6 is 0 Å². The van der Waals surface area contributed by atoms with Crippen molar-refractivity contribution in [2.75, 3.05) is 4.90 Å². The second kappa shape index (κ2) is 13.7. The van der Waals surface area contributed by atoms with Gasteiger partial charge in [0.1, 0.15) is 0 Å². The van der Waals surface area contributed by atoms with Crippen LogP contribution in [0.5, 0.6) is 0 Å². The predicted molar refractivity (Wildman–Crippen MR) is 245 cm³/mol. The van der Waals surface area contributed by atoms with Crippen molar-refractivity contribution in [1.29, 1.82) is 0 Å². The van der Waals surface area contributed by atoms with E-state index in [1.54, 1.807) is 29.2 Å². The molecule has 0 aliphatic rings. The number of rotatable bonds is 6. The molecule has 0 saturated heterocycles. The van der Waals surface area contributed by atoms with Crippen LogP contribution in [0, 0.1) is 0 Å². The molecule has 0 radical (unpaired) electrons. The van der Waals surface area contributed by atoms with Crippen LogP contribution < -0.4 is 4.90 Å². The van der Waals surface area contributed by atoms with Gasteiger partial charge in [-0.25, -0.2) is 0 Å². The summed E-state index contributed by atoms with van der Waals surface area (Å²) < 4.78 is 100.0. The van der Waals surface area contributed by atoms with E-state index in [-0.39, 0.29) is 57.3 Å². The molecule has 266 valence electrons. The molecule has 11 aromatic rings. The van der Waals surface area contributed by atoms with Crippen LogP contribution in [0.3, 0.4) is 0 Å². The van der Waals surface area contributed by atoms with Crippen LogP contribution in [-0.2, 0) is 0 Å². The van der Waals surface area contributed by atoms with Gasteiger partial charge in [-0.1, -0.05) is 176 Å². The van der Waals surface area contributed by atoms with E-state index in [9.17, 15) is 5.48 Å². The van der Waals surface area contributed by atoms with Crippen molar-refractivity contribution < 1.29 is 15.1 Å². The van der Waals surface area contributed by atoms with Crippen molar-refractivity contribution in [2.24, 2.45) is 0 Å². The van der Waals surface area contributed by atoms with Crippen molar-refractivity contribution in [3.8, 4) is 33.4 Å².